The highest BCUT2D eigenvalue weighted by atomic mass is 16.5. The number of hydrogen-bond acceptors (Lipinski definition) is 7. The van der Waals surface area contributed by atoms with Crippen molar-refractivity contribution < 1.29 is 19.3 Å². The molecule has 5 rings (SSSR count). The Bertz CT molecular complexity index is 1420. The number of benzene rings is 2. The molecule has 1 N–H and O–H groups in total. The third-order valence-corrected chi connectivity index (χ3v) is 5.16. The summed E-state index contributed by atoms with van der Waals surface area (Å²) in [4.78, 5) is 13.6. The standard InChI is InChI=1S/C26H21N3O4/c1-31-22-16-20-19(15-23(22)32-13-12-30)21(9-11-27-20)33-24-14-18-8-5-10-28-26(18)29-25(24)17-6-3-2-4-7-17/h2-11,14-16,30H,12-13H2,1H3. The van der Waals surface area contributed by atoms with Crippen molar-refractivity contribution in [1.29, 1.82) is 0 Å². The summed E-state index contributed by atoms with van der Waals surface area (Å²) in [5.41, 5.74) is 2.95. The topological polar surface area (TPSA) is 86.6 Å². The van der Waals surface area contributed by atoms with Gasteiger partial charge in [-0.05, 0) is 30.3 Å². The lowest BCUT2D eigenvalue weighted by molar-refractivity contribution is 0.196. The van der Waals surface area contributed by atoms with Crippen LogP contribution in [0.5, 0.6) is 23.0 Å². The van der Waals surface area contributed by atoms with Crippen molar-refractivity contribution in [2.75, 3.05) is 20.3 Å². The molecule has 0 unspecified atom stereocenters. The van der Waals surface area contributed by atoms with Gasteiger partial charge in [-0.1, -0.05) is 30.3 Å². The van der Waals surface area contributed by atoms with Crippen molar-refractivity contribution in [3.05, 3.63) is 79.1 Å². The lowest BCUT2D eigenvalue weighted by atomic mass is 10.1. The average Bonchev–Trinajstić information content (AvgIpc) is 2.87. The highest BCUT2D eigenvalue weighted by molar-refractivity contribution is 5.89. The summed E-state index contributed by atoms with van der Waals surface area (Å²) in [6, 6.07) is 21.0. The van der Waals surface area contributed by atoms with Crippen LogP contribution in [0.15, 0.2) is 79.1 Å². The van der Waals surface area contributed by atoms with Crippen molar-refractivity contribution in [2.24, 2.45) is 0 Å². The van der Waals surface area contributed by atoms with E-state index in [2.05, 4.69) is 9.97 Å². The normalized spacial score (nSPS) is 11.0. The van der Waals surface area contributed by atoms with Gasteiger partial charge in [0, 0.05) is 34.8 Å². The molecule has 33 heavy (non-hydrogen) atoms. The molecule has 7 heteroatoms. The molecule has 164 valence electrons. The number of fused-ring (bicyclic) bond motifs is 2. The summed E-state index contributed by atoms with van der Waals surface area (Å²) >= 11 is 0. The fourth-order valence-electron chi connectivity index (χ4n) is 3.63. The molecule has 0 saturated heterocycles. The molecule has 0 aliphatic rings. The molecular formula is C26H21N3O4. The van der Waals surface area contributed by atoms with E-state index in [-0.39, 0.29) is 13.2 Å². The molecule has 5 aromatic rings. The largest absolute Gasteiger partial charge is 0.493 e. The zero-order chi connectivity index (χ0) is 22.6. The highest BCUT2D eigenvalue weighted by Crippen LogP contribution is 2.39. The van der Waals surface area contributed by atoms with E-state index in [1.54, 1.807) is 31.6 Å². The zero-order valence-corrected chi connectivity index (χ0v) is 17.9. The van der Waals surface area contributed by atoms with E-state index in [9.17, 15) is 0 Å². The number of hydrogen-bond donors (Lipinski definition) is 1. The van der Waals surface area contributed by atoms with Crippen molar-refractivity contribution in [3.63, 3.8) is 0 Å². The van der Waals surface area contributed by atoms with Crippen LogP contribution in [0.3, 0.4) is 0 Å². The van der Waals surface area contributed by atoms with E-state index >= 15 is 0 Å². The van der Waals surface area contributed by atoms with Gasteiger partial charge in [-0.25, -0.2) is 9.97 Å². The second-order valence-corrected chi connectivity index (χ2v) is 7.25. The van der Waals surface area contributed by atoms with Gasteiger partial charge in [0.2, 0.25) is 0 Å². The average molecular weight is 439 g/mol. The summed E-state index contributed by atoms with van der Waals surface area (Å²) in [6.45, 7) is 0.0485. The van der Waals surface area contributed by atoms with Crippen molar-refractivity contribution in [2.45, 2.75) is 0 Å². The van der Waals surface area contributed by atoms with Gasteiger partial charge in [-0.2, -0.15) is 0 Å². The van der Waals surface area contributed by atoms with Crippen LogP contribution >= 0.6 is 0 Å². The minimum absolute atomic E-state index is 0.102. The summed E-state index contributed by atoms with van der Waals surface area (Å²) in [5.74, 6) is 2.23. The first kappa shape index (κ1) is 20.7. The maximum Gasteiger partial charge on any atom is 0.162 e. The van der Waals surface area contributed by atoms with E-state index in [0.29, 0.717) is 39.9 Å². The van der Waals surface area contributed by atoms with Crippen LogP contribution in [0.25, 0.3) is 33.2 Å². The highest BCUT2D eigenvalue weighted by Gasteiger charge is 2.16. The number of aromatic nitrogens is 3. The van der Waals surface area contributed by atoms with E-state index in [1.165, 1.54) is 0 Å². The Hall–Kier alpha value is -4.23. The Morgan fingerprint density at radius 3 is 2.52 bits per heavy atom. The third-order valence-electron chi connectivity index (χ3n) is 5.16. The Kier molecular flexibility index (Phi) is 5.70. The first-order chi connectivity index (χ1) is 16.3. The predicted octanol–water partition coefficient (Wildman–Crippen LogP) is 5.02. The molecule has 0 fully saturated rings. The second kappa shape index (κ2) is 9.10. The first-order valence-electron chi connectivity index (χ1n) is 10.5. The van der Waals surface area contributed by atoms with E-state index < -0.39 is 0 Å². The summed E-state index contributed by atoms with van der Waals surface area (Å²) in [6.07, 6.45) is 3.41. The monoisotopic (exact) mass is 439 g/mol. The number of nitrogens with zero attached hydrogens (tertiary/aromatic N) is 3. The molecule has 0 amide bonds. The number of ether oxygens (including phenoxy) is 3. The summed E-state index contributed by atoms with van der Waals surface area (Å²) < 4.78 is 17.5. The molecular weight excluding hydrogens is 418 g/mol. The quantitative estimate of drug-likeness (QED) is 0.381. The number of pyridine rings is 3. The van der Waals surface area contributed by atoms with Gasteiger partial charge in [-0.15, -0.1) is 0 Å². The lowest BCUT2D eigenvalue weighted by Crippen LogP contribution is -2.03. The predicted molar refractivity (Wildman–Crippen MR) is 126 cm³/mol. The summed E-state index contributed by atoms with van der Waals surface area (Å²) in [5, 5.41) is 10.8. The fourth-order valence-corrected chi connectivity index (χ4v) is 3.63. The first-order valence-corrected chi connectivity index (χ1v) is 10.5. The van der Waals surface area contributed by atoms with Crippen LogP contribution in [-0.4, -0.2) is 40.4 Å². The maximum atomic E-state index is 9.16. The van der Waals surface area contributed by atoms with Crippen LogP contribution in [0.4, 0.5) is 0 Å². The van der Waals surface area contributed by atoms with Crippen LogP contribution in [0, 0.1) is 0 Å². The lowest BCUT2D eigenvalue weighted by Gasteiger charge is -2.15. The van der Waals surface area contributed by atoms with Gasteiger partial charge in [-0.3, -0.25) is 4.98 Å². The van der Waals surface area contributed by atoms with E-state index in [4.69, 9.17) is 24.3 Å². The Balaban J connectivity index is 1.65. The molecule has 0 aliphatic carbocycles. The molecule has 0 spiro atoms. The van der Waals surface area contributed by atoms with Crippen LogP contribution in [0.1, 0.15) is 0 Å². The van der Waals surface area contributed by atoms with Crippen molar-refractivity contribution in [1.82, 2.24) is 15.0 Å². The van der Waals surface area contributed by atoms with Gasteiger partial charge in [0.1, 0.15) is 18.1 Å². The fraction of sp³-hybridized carbons (Fsp3) is 0.115. The molecule has 0 atom stereocenters. The number of rotatable bonds is 7. The molecule has 0 saturated carbocycles. The van der Waals surface area contributed by atoms with E-state index in [0.717, 1.165) is 16.3 Å². The molecule has 0 bridgehead atoms. The van der Waals surface area contributed by atoms with Crippen LogP contribution < -0.4 is 14.2 Å². The summed E-state index contributed by atoms with van der Waals surface area (Å²) in [7, 11) is 1.56. The molecule has 2 aromatic carbocycles. The number of aliphatic hydroxyl groups is 1. The molecule has 3 heterocycles. The Morgan fingerprint density at radius 1 is 0.818 bits per heavy atom. The zero-order valence-electron chi connectivity index (χ0n) is 17.9. The Labute approximate surface area is 190 Å². The maximum absolute atomic E-state index is 9.16. The third kappa shape index (κ3) is 4.14. The van der Waals surface area contributed by atoms with Crippen molar-refractivity contribution >= 4 is 21.9 Å². The smallest absolute Gasteiger partial charge is 0.162 e. The van der Waals surface area contributed by atoms with Crippen molar-refractivity contribution in [3.8, 4) is 34.3 Å². The second-order valence-electron chi connectivity index (χ2n) is 7.25. The van der Waals surface area contributed by atoms with Gasteiger partial charge in [0.25, 0.3) is 0 Å². The minimum Gasteiger partial charge on any atom is -0.493 e. The Morgan fingerprint density at radius 2 is 1.70 bits per heavy atom. The number of aliphatic hydroxyl groups excluding tert-OH is 1. The van der Waals surface area contributed by atoms with Gasteiger partial charge in [0.15, 0.2) is 22.9 Å². The molecule has 3 aromatic heterocycles. The molecule has 0 aliphatic heterocycles. The SMILES string of the molecule is COc1cc2nccc(Oc3cc4cccnc4nc3-c3ccccc3)c2cc1OCCO. The van der Waals surface area contributed by atoms with Crippen LogP contribution in [-0.2, 0) is 0 Å². The molecule has 7 nitrogen and oxygen atoms in total. The molecule has 0 radical (unpaired) electrons. The van der Waals surface area contributed by atoms with Gasteiger partial charge >= 0.3 is 0 Å². The van der Waals surface area contributed by atoms with Gasteiger partial charge < -0.3 is 19.3 Å². The van der Waals surface area contributed by atoms with Crippen LogP contribution in [0.2, 0.25) is 0 Å². The van der Waals surface area contributed by atoms with Gasteiger partial charge in [0.05, 0.1) is 19.2 Å². The number of methoxy groups -OCH3 is 1. The minimum atomic E-state index is -0.102. The van der Waals surface area contributed by atoms with E-state index in [1.807, 2.05) is 54.6 Å².